The number of non-ortho nitro benzene ring substituents is 1. The van der Waals surface area contributed by atoms with E-state index in [9.17, 15) is 14.9 Å². The molecule has 0 aliphatic rings. The summed E-state index contributed by atoms with van der Waals surface area (Å²) >= 11 is 0. The zero-order valence-corrected chi connectivity index (χ0v) is 12.0. The molecule has 0 saturated carbocycles. The van der Waals surface area contributed by atoms with Gasteiger partial charge in [0.05, 0.1) is 11.5 Å². The van der Waals surface area contributed by atoms with Crippen LogP contribution >= 0.6 is 0 Å². The highest BCUT2D eigenvalue weighted by atomic mass is 16.6. The number of nitro benzene ring substituents is 1. The normalized spacial score (nSPS) is 10.4. The standard InChI is InChI=1S/C14H16N4O4/c1-15-8-13-17-12(9-22-13)14(19)16-7-6-10-2-4-11(5-3-10)18(20)21/h2-5,9,15H,6-8H2,1H3,(H,16,19). The number of rotatable bonds is 7. The van der Waals surface area contributed by atoms with Gasteiger partial charge in [0.2, 0.25) is 5.89 Å². The molecule has 22 heavy (non-hydrogen) atoms. The third kappa shape index (κ3) is 4.13. The number of oxazole rings is 1. The maximum atomic E-state index is 11.9. The van der Waals surface area contributed by atoms with Crippen LogP contribution in [0.4, 0.5) is 5.69 Å². The Morgan fingerprint density at radius 2 is 2.09 bits per heavy atom. The Morgan fingerprint density at radius 1 is 1.36 bits per heavy atom. The predicted molar refractivity (Wildman–Crippen MR) is 78.4 cm³/mol. The minimum atomic E-state index is -0.446. The first-order valence-corrected chi connectivity index (χ1v) is 6.70. The van der Waals surface area contributed by atoms with Crippen LogP contribution in [0.25, 0.3) is 0 Å². The molecule has 0 unspecified atom stereocenters. The first-order chi connectivity index (χ1) is 10.6. The van der Waals surface area contributed by atoms with E-state index in [0.29, 0.717) is 25.4 Å². The van der Waals surface area contributed by atoms with Crippen molar-refractivity contribution in [2.24, 2.45) is 0 Å². The van der Waals surface area contributed by atoms with Crippen LogP contribution < -0.4 is 10.6 Å². The van der Waals surface area contributed by atoms with Crippen LogP contribution in [-0.2, 0) is 13.0 Å². The van der Waals surface area contributed by atoms with Crippen LogP contribution in [0.2, 0.25) is 0 Å². The van der Waals surface area contributed by atoms with Gasteiger partial charge in [-0.3, -0.25) is 14.9 Å². The highest BCUT2D eigenvalue weighted by Gasteiger charge is 2.11. The van der Waals surface area contributed by atoms with E-state index in [1.54, 1.807) is 19.2 Å². The molecule has 1 amide bonds. The lowest BCUT2D eigenvalue weighted by molar-refractivity contribution is -0.384. The molecule has 0 aliphatic heterocycles. The van der Waals surface area contributed by atoms with Crippen molar-refractivity contribution in [1.29, 1.82) is 0 Å². The number of benzene rings is 1. The first-order valence-electron chi connectivity index (χ1n) is 6.70. The van der Waals surface area contributed by atoms with Crippen molar-refractivity contribution in [3.8, 4) is 0 Å². The molecule has 0 aliphatic carbocycles. The van der Waals surface area contributed by atoms with E-state index in [2.05, 4.69) is 15.6 Å². The van der Waals surface area contributed by atoms with Gasteiger partial charge >= 0.3 is 0 Å². The molecule has 0 radical (unpaired) electrons. The molecule has 2 aromatic rings. The third-order valence-corrected chi connectivity index (χ3v) is 2.96. The van der Waals surface area contributed by atoms with Crippen LogP contribution in [0.15, 0.2) is 34.9 Å². The molecule has 116 valence electrons. The monoisotopic (exact) mass is 304 g/mol. The van der Waals surface area contributed by atoms with Gasteiger partial charge in [-0.25, -0.2) is 4.98 Å². The number of amides is 1. The predicted octanol–water partition coefficient (Wildman–Crippen LogP) is 1.27. The van der Waals surface area contributed by atoms with E-state index in [-0.39, 0.29) is 17.3 Å². The van der Waals surface area contributed by atoms with Crippen molar-refractivity contribution in [3.63, 3.8) is 0 Å². The van der Waals surface area contributed by atoms with Crippen LogP contribution in [0.3, 0.4) is 0 Å². The van der Waals surface area contributed by atoms with Crippen molar-refractivity contribution in [2.45, 2.75) is 13.0 Å². The summed E-state index contributed by atoms with van der Waals surface area (Å²) in [6.45, 7) is 0.862. The lowest BCUT2D eigenvalue weighted by Crippen LogP contribution is -2.26. The van der Waals surface area contributed by atoms with Crippen molar-refractivity contribution >= 4 is 11.6 Å². The van der Waals surface area contributed by atoms with Gasteiger partial charge in [0, 0.05) is 18.7 Å². The summed E-state index contributed by atoms with van der Waals surface area (Å²) in [5, 5.41) is 16.2. The van der Waals surface area contributed by atoms with Crippen molar-refractivity contribution in [1.82, 2.24) is 15.6 Å². The molecular formula is C14H16N4O4. The Labute approximate surface area is 126 Å². The molecule has 8 heteroatoms. The van der Waals surface area contributed by atoms with E-state index in [4.69, 9.17) is 4.42 Å². The van der Waals surface area contributed by atoms with E-state index < -0.39 is 4.92 Å². The summed E-state index contributed by atoms with van der Waals surface area (Å²) in [6, 6.07) is 6.23. The average molecular weight is 304 g/mol. The largest absolute Gasteiger partial charge is 0.447 e. The summed E-state index contributed by atoms with van der Waals surface area (Å²) < 4.78 is 5.13. The molecule has 0 fully saturated rings. The second kappa shape index (κ2) is 7.32. The molecule has 0 bridgehead atoms. The minimum Gasteiger partial charge on any atom is -0.447 e. The van der Waals surface area contributed by atoms with Gasteiger partial charge in [-0.15, -0.1) is 0 Å². The number of aromatic nitrogens is 1. The first kappa shape index (κ1) is 15.6. The van der Waals surface area contributed by atoms with Crippen molar-refractivity contribution < 1.29 is 14.1 Å². The molecule has 0 spiro atoms. The van der Waals surface area contributed by atoms with Crippen LogP contribution in [0, 0.1) is 10.1 Å². The average Bonchev–Trinajstić information content (AvgIpc) is 2.97. The smallest absolute Gasteiger partial charge is 0.273 e. The fourth-order valence-corrected chi connectivity index (χ4v) is 1.84. The number of nitro groups is 1. The van der Waals surface area contributed by atoms with E-state index >= 15 is 0 Å². The summed E-state index contributed by atoms with van der Waals surface area (Å²) in [5.74, 6) is 0.135. The maximum Gasteiger partial charge on any atom is 0.273 e. The zero-order valence-electron chi connectivity index (χ0n) is 12.0. The van der Waals surface area contributed by atoms with Crippen molar-refractivity contribution in [3.05, 3.63) is 57.8 Å². The third-order valence-electron chi connectivity index (χ3n) is 2.96. The van der Waals surface area contributed by atoms with Gasteiger partial charge in [-0.1, -0.05) is 12.1 Å². The van der Waals surface area contributed by atoms with Gasteiger partial charge in [0.1, 0.15) is 6.26 Å². The van der Waals surface area contributed by atoms with Crippen LogP contribution in [0.5, 0.6) is 0 Å². The quantitative estimate of drug-likeness (QED) is 0.589. The molecule has 1 aromatic heterocycles. The fourth-order valence-electron chi connectivity index (χ4n) is 1.84. The van der Waals surface area contributed by atoms with Gasteiger partial charge in [-0.05, 0) is 19.0 Å². The molecular weight excluding hydrogens is 288 g/mol. The molecule has 2 rings (SSSR count). The number of carbonyl (C=O) groups excluding carboxylic acids is 1. The van der Waals surface area contributed by atoms with E-state index in [0.717, 1.165) is 5.56 Å². The summed E-state index contributed by atoms with van der Waals surface area (Å²) in [7, 11) is 1.76. The molecule has 8 nitrogen and oxygen atoms in total. The molecule has 0 saturated heterocycles. The minimum absolute atomic E-state index is 0.0486. The fraction of sp³-hybridized carbons (Fsp3) is 0.286. The lowest BCUT2D eigenvalue weighted by Gasteiger charge is -2.03. The second-order valence-electron chi connectivity index (χ2n) is 4.59. The second-order valence-corrected chi connectivity index (χ2v) is 4.59. The van der Waals surface area contributed by atoms with Gasteiger partial charge in [-0.2, -0.15) is 0 Å². The maximum absolute atomic E-state index is 11.9. The Morgan fingerprint density at radius 3 is 2.73 bits per heavy atom. The molecule has 1 aromatic carbocycles. The summed E-state index contributed by atoms with van der Waals surface area (Å²) in [6.07, 6.45) is 1.89. The molecule has 1 heterocycles. The Bertz CT molecular complexity index is 651. The van der Waals surface area contributed by atoms with Gasteiger partial charge < -0.3 is 15.1 Å². The molecule has 0 atom stereocenters. The summed E-state index contributed by atoms with van der Waals surface area (Å²) in [4.78, 5) is 26.0. The van der Waals surface area contributed by atoms with Crippen LogP contribution in [0.1, 0.15) is 21.9 Å². The van der Waals surface area contributed by atoms with Gasteiger partial charge in [0.15, 0.2) is 5.69 Å². The molecule has 2 N–H and O–H groups in total. The lowest BCUT2D eigenvalue weighted by atomic mass is 10.1. The number of hydrogen-bond donors (Lipinski definition) is 2. The Hall–Kier alpha value is -2.74. The van der Waals surface area contributed by atoms with E-state index in [1.165, 1.54) is 18.4 Å². The van der Waals surface area contributed by atoms with Crippen LogP contribution in [-0.4, -0.2) is 29.4 Å². The highest BCUT2D eigenvalue weighted by Crippen LogP contribution is 2.12. The van der Waals surface area contributed by atoms with Gasteiger partial charge in [0.25, 0.3) is 11.6 Å². The highest BCUT2D eigenvalue weighted by molar-refractivity contribution is 5.91. The topological polar surface area (TPSA) is 110 Å². The SMILES string of the molecule is CNCc1nc(C(=O)NCCc2ccc([N+](=O)[O-])cc2)co1. The number of nitrogens with zero attached hydrogens (tertiary/aromatic N) is 2. The number of hydrogen-bond acceptors (Lipinski definition) is 6. The number of carbonyl (C=O) groups is 1. The summed E-state index contributed by atoms with van der Waals surface area (Å²) in [5.41, 5.74) is 1.18. The Balaban J connectivity index is 1.82. The van der Waals surface area contributed by atoms with E-state index in [1.807, 2.05) is 0 Å². The number of nitrogens with one attached hydrogen (secondary N) is 2. The zero-order chi connectivity index (χ0) is 15.9. The Kier molecular flexibility index (Phi) is 5.21. The van der Waals surface area contributed by atoms with Crippen molar-refractivity contribution in [2.75, 3.05) is 13.6 Å².